The fraction of sp³-hybridized carbons (Fsp3) is 0.0476. The van der Waals surface area contributed by atoms with Crippen molar-refractivity contribution in [2.24, 2.45) is 0 Å². The summed E-state index contributed by atoms with van der Waals surface area (Å²) in [5, 5.41) is 15.4. The molecule has 3 aromatic rings. The molecule has 0 saturated heterocycles. The number of benzene rings is 3. The molecule has 0 aliphatic carbocycles. The Morgan fingerprint density at radius 3 is 2.33 bits per heavy atom. The lowest BCUT2D eigenvalue weighted by Crippen LogP contribution is -2.22. The minimum Gasteiger partial charge on any atom is -0.506 e. The molecular weight excluding hydrogens is 408 g/mol. The van der Waals surface area contributed by atoms with Crippen LogP contribution in [0.3, 0.4) is 0 Å². The van der Waals surface area contributed by atoms with E-state index in [4.69, 9.17) is 0 Å². The molecular formula is C21H17BrN2O3. The van der Waals surface area contributed by atoms with Gasteiger partial charge >= 0.3 is 0 Å². The molecule has 27 heavy (non-hydrogen) atoms. The van der Waals surface area contributed by atoms with Gasteiger partial charge in [0.15, 0.2) is 5.78 Å². The normalized spacial score (nSPS) is 10.3. The molecule has 0 spiro atoms. The fourth-order valence-corrected chi connectivity index (χ4v) is 2.91. The second kappa shape index (κ2) is 8.51. The highest BCUT2D eigenvalue weighted by Gasteiger charge is 2.15. The van der Waals surface area contributed by atoms with Gasteiger partial charge in [-0.3, -0.25) is 9.59 Å². The molecule has 3 aromatic carbocycles. The van der Waals surface area contributed by atoms with Crippen LogP contribution in [0.4, 0.5) is 11.4 Å². The summed E-state index contributed by atoms with van der Waals surface area (Å²) < 4.78 is 0.769. The van der Waals surface area contributed by atoms with Gasteiger partial charge in [-0.2, -0.15) is 0 Å². The number of hydrogen-bond acceptors (Lipinski definition) is 4. The van der Waals surface area contributed by atoms with Crippen LogP contribution < -0.4 is 10.6 Å². The lowest BCUT2D eigenvalue weighted by molar-refractivity contribution is -0.114. The first-order chi connectivity index (χ1) is 13.0. The van der Waals surface area contributed by atoms with Crippen molar-refractivity contribution in [1.82, 2.24) is 0 Å². The quantitative estimate of drug-likeness (QED) is 0.403. The second-order valence-electron chi connectivity index (χ2n) is 5.80. The van der Waals surface area contributed by atoms with E-state index < -0.39 is 0 Å². The molecule has 0 aliphatic heterocycles. The topological polar surface area (TPSA) is 78.4 Å². The molecule has 0 aromatic heterocycles. The average molecular weight is 425 g/mol. The third-order valence-corrected chi connectivity index (χ3v) is 4.37. The number of carbonyl (C=O) groups excluding carboxylic acids is 2. The first kappa shape index (κ1) is 18.7. The third-order valence-electron chi connectivity index (χ3n) is 3.88. The van der Waals surface area contributed by atoms with Crippen LogP contribution in [0.1, 0.15) is 15.9 Å². The molecule has 3 rings (SSSR count). The summed E-state index contributed by atoms with van der Waals surface area (Å²) in [6.07, 6.45) is 0. The maximum Gasteiger partial charge on any atom is 0.243 e. The lowest BCUT2D eigenvalue weighted by atomic mass is 10.0. The summed E-state index contributed by atoms with van der Waals surface area (Å²) in [5.41, 5.74) is 1.92. The molecule has 0 heterocycles. The van der Waals surface area contributed by atoms with Crippen molar-refractivity contribution in [1.29, 1.82) is 0 Å². The maximum atomic E-state index is 12.8. The van der Waals surface area contributed by atoms with E-state index in [0.717, 1.165) is 4.47 Å². The highest BCUT2D eigenvalue weighted by atomic mass is 79.9. The number of hydrogen-bond donors (Lipinski definition) is 3. The number of phenols is 1. The number of carbonyl (C=O) groups is 2. The summed E-state index contributed by atoms with van der Waals surface area (Å²) in [6, 6.07) is 20.7. The van der Waals surface area contributed by atoms with Crippen LogP contribution in [0, 0.1) is 0 Å². The summed E-state index contributed by atoms with van der Waals surface area (Å²) in [4.78, 5) is 25.0. The monoisotopic (exact) mass is 424 g/mol. The summed E-state index contributed by atoms with van der Waals surface area (Å²) in [5.74, 6) is -0.479. The van der Waals surface area contributed by atoms with Gasteiger partial charge in [-0.1, -0.05) is 58.4 Å². The van der Waals surface area contributed by atoms with E-state index in [9.17, 15) is 14.7 Å². The first-order valence-corrected chi connectivity index (χ1v) is 9.05. The zero-order chi connectivity index (χ0) is 19.2. The SMILES string of the molecule is O=C(CNc1ccc(Br)cc1C(=O)c1ccccc1)Nc1ccccc1O. The Labute approximate surface area is 165 Å². The molecule has 5 nitrogen and oxygen atoms in total. The van der Waals surface area contributed by atoms with Crippen molar-refractivity contribution in [3.05, 3.63) is 88.4 Å². The van der Waals surface area contributed by atoms with Gasteiger partial charge in [0.05, 0.1) is 12.2 Å². The molecule has 3 N–H and O–H groups in total. The Morgan fingerprint density at radius 2 is 1.59 bits per heavy atom. The van der Waals surface area contributed by atoms with E-state index >= 15 is 0 Å². The molecule has 0 saturated carbocycles. The van der Waals surface area contributed by atoms with Crippen molar-refractivity contribution in [2.75, 3.05) is 17.2 Å². The number of amides is 1. The van der Waals surface area contributed by atoms with E-state index in [1.165, 1.54) is 6.07 Å². The van der Waals surface area contributed by atoms with Crippen LogP contribution >= 0.6 is 15.9 Å². The lowest BCUT2D eigenvalue weighted by Gasteiger charge is -2.13. The maximum absolute atomic E-state index is 12.8. The molecule has 0 radical (unpaired) electrons. The number of anilines is 2. The smallest absolute Gasteiger partial charge is 0.243 e. The molecule has 0 atom stereocenters. The van der Waals surface area contributed by atoms with Crippen molar-refractivity contribution in [2.45, 2.75) is 0 Å². The Balaban J connectivity index is 1.74. The number of aromatic hydroxyl groups is 1. The number of para-hydroxylation sites is 2. The minimum atomic E-state index is -0.336. The van der Waals surface area contributed by atoms with Crippen molar-refractivity contribution in [3.63, 3.8) is 0 Å². The number of nitrogens with one attached hydrogen (secondary N) is 2. The molecule has 0 aliphatic rings. The third kappa shape index (κ3) is 4.74. The molecule has 0 bridgehead atoms. The van der Waals surface area contributed by atoms with Gasteiger partial charge < -0.3 is 15.7 Å². The zero-order valence-electron chi connectivity index (χ0n) is 14.3. The predicted molar refractivity (Wildman–Crippen MR) is 109 cm³/mol. The summed E-state index contributed by atoms with van der Waals surface area (Å²) in [7, 11) is 0. The van der Waals surface area contributed by atoms with Gasteiger partial charge in [0.1, 0.15) is 5.75 Å². The average Bonchev–Trinajstić information content (AvgIpc) is 2.69. The van der Waals surface area contributed by atoms with E-state index in [1.54, 1.807) is 60.7 Å². The Bertz CT molecular complexity index is 974. The van der Waals surface area contributed by atoms with Crippen LogP contribution in [-0.4, -0.2) is 23.3 Å². The number of rotatable bonds is 6. The van der Waals surface area contributed by atoms with Gasteiger partial charge in [-0.25, -0.2) is 0 Å². The minimum absolute atomic E-state index is 0.00515. The Kier molecular flexibility index (Phi) is 5.88. The van der Waals surface area contributed by atoms with Crippen molar-refractivity contribution < 1.29 is 14.7 Å². The van der Waals surface area contributed by atoms with E-state index in [1.807, 2.05) is 6.07 Å². The van der Waals surface area contributed by atoms with Crippen LogP contribution in [0.15, 0.2) is 77.3 Å². The van der Waals surface area contributed by atoms with E-state index in [0.29, 0.717) is 22.5 Å². The number of phenolic OH excluding ortho intramolecular Hbond substituents is 1. The summed E-state index contributed by atoms with van der Waals surface area (Å²) >= 11 is 3.38. The standard InChI is InChI=1S/C21H17BrN2O3/c22-15-10-11-17(16(12-15)21(27)14-6-2-1-3-7-14)23-13-20(26)24-18-8-4-5-9-19(18)25/h1-12,23,25H,13H2,(H,24,26). The van der Waals surface area contributed by atoms with Gasteiger partial charge in [0.25, 0.3) is 0 Å². The molecule has 136 valence electrons. The van der Waals surface area contributed by atoms with Gasteiger partial charge in [0.2, 0.25) is 5.91 Å². The van der Waals surface area contributed by atoms with Gasteiger partial charge in [0, 0.05) is 21.3 Å². The van der Waals surface area contributed by atoms with Crippen LogP contribution in [-0.2, 0) is 4.79 Å². The molecule has 0 fully saturated rings. The zero-order valence-corrected chi connectivity index (χ0v) is 15.9. The van der Waals surface area contributed by atoms with E-state index in [2.05, 4.69) is 26.6 Å². The Hall–Kier alpha value is -3.12. The number of ketones is 1. The molecule has 0 unspecified atom stereocenters. The van der Waals surface area contributed by atoms with Crippen molar-refractivity contribution >= 4 is 39.0 Å². The van der Waals surface area contributed by atoms with Crippen LogP contribution in [0.5, 0.6) is 5.75 Å². The largest absolute Gasteiger partial charge is 0.506 e. The van der Waals surface area contributed by atoms with Gasteiger partial charge in [-0.15, -0.1) is 0 Å². The van der Waals surface area contributed by atoms with Crippen molar-refractivity contribution in [3.8, 4) is 5.75 Å². The second-order valence-corrected chi connectivity index (χ2v) is 6.72. The van der Waals surface area contributed by atoms with Crippen LogP contribution in [0.25, 0.3) is 0 Å². The molecule has 1 amide bonds. The number of halogens is 1. The van der Waals surface area contributed by atoms with Gasteiger partial charge in [-0.05, 0) is 30.3 Å². The first-order valence-electron chi connectivity index (χ1n) is 8.25. The van der Waals surface area contributed by atoms with Crippen LogP contribution in [0.2, 0.25) is 0 Å². The fourth-order valence-electron chi connectivity index (χ4n) is 2.55. The summed E-state index contributed by atoms with van der Waals surface area (Å²) in [6.45, 7) is -0.0506. The highest BCUT2D eigenvalue weighted by Crippen LogP contribution is 2.24. The predicted octanol–water partition coefficient (Wildman–Crippen LogP) is 4.44. The van der Waals surface area contributed by atoms with E-state index in [-0.39, 0.29) is 24.0 Å². The highest BCUT2D eigenvalue weighted by molar-refractivity contribution is 9.10. The Morgan fingerprint density at radius 1 is 0.889 bits per heavy atom. The molecule has 6 heteroatoms.